The zero-order chi connectivity index (χ0) is 18.0. The van der Waals surface area contributed by atoms with E-state index < -0.39 is 5.60 Å². The summed E-state index contributed by atoms with van der Waals surface area (Å²) in [5.74, 6) is 0.572. The minimum atomic E-state index is -1.00. The third-order valence-electron chi connectivity index (χ3n) is 5.42. The summed E-state index contributed by atoms with van der Waals surface area (Å²) >= 11 is 0. The molecule has 1 fully saturated rings. The number of hydrogen-bond acceptors (Lipinski definition) is 3. The Morgan fingerprint density at radius 1 is 1.12 bits per heavy atom. The van der Waals surface area contributed by atoms with E-state index in [0.717, 1.165) is 25.4 Å². The number of aliphatic hydroxyl groups is 1. The molecule has 1 N–H and O–H groups in total. The van der Waals surface area contributed by atoms with Crippen LogP contribution in [-0.2, 0) is 12.1 Å². The topological polar surface area (TPSA) is 32.7 Å². The Hall–Kier alpha value is -1.91. The second-order valence-corrected chi connectivity index (χ2v) is 7.18. The molecule has 1 unspecified atom stereocenters. The molecule has 134 valence electrons. The third-order valence-corrected chi connectivity index (χ3v) is 5.42. The van der Waals surface area contributed by atoms with Crippen LogP contribution in [0.15, 0.2) is 48.5 Å². The van der Waals surface area contributed by atoms with Crippen molar-refractivity contribution >= 4 is 0 Å². The van der Waals surface area contributed by atoms with Crippen molar-refractivity contribution in [3.05, 3.63) is 65.5 Å². The van der Waals surface area contributed by atoms with E-state index in [1.807, 2.05) is 32.0 Å². The molecule has 0 saturated carbocycles. The number of benzene rings is 2. The summed E-state index contributed by atoms with van der Waals surface area (Å²) in [7, 11) is 1.66. The van der Waals surface area contributed by atoms with Crippen LogP contribution in [-0.4, -0.2) is 30.2 Å². The van der Waals surface area contributed by atoms with Crippen LogP contribution in [0.4, 0.5) is 4.39 Å². The van der Waals surface area contributed by atoms with Gasteiger partial charge in [0.25, 0.3) is 0 Å². The van der Waals surface area contributed by atoms with Crippen LogP contribution in [0.5, 0.6) is 5.75 Å². The monoisotopic (exact) mass is 343 g/mol. The summed E-state index contributed by atoms with van der Waals surface area (Å²) in [6.07, 6.45) is 0. The summed E-state index contributed by atoms with van der Waals surface area (Å²) in [6, 6.07) is 14.5. The maximum atomic E-state index is 13.6. The van der Waals surface area contributed by atoms with Gasteiger partial charge in [0.1, 0.15) is 11.6 Å². The van der Waals surface area contributed by atoms with Gasteiger partial charge in [0, 0.05) is 31.5 Å². The van der Waals surface area contributed by atoms with Gasteiger partial charge < -0.3 is 9.84 Å². The maximum absolute atomic E-state index is 13.6. The number of halogens is 1. The fourth-order valence-electron chi connectivity index (χ4n) is 4.04. The molecule has 0 aliphatic carbocycles. The number of likely N-dealkylation sites (tertiary alicyclic amines) is 1. The molecule has 0 bridgehead atoms. The largest absolute Gasteiger partial charge is 0.497 e. The summed E-state index contributed by atoms with van der Waals surface area (Å²) in [5.41, 5.74) is 0.895. The highest BCUT2D eigenvalue weighted by atomic mass is 19.1. The standard InChI is InChI=1S/C21H26FNO2/c1-15-12-23(14-17-7-9-20(25-3)10-8-17)13-16(2)21(15,24)18-5-4-6-19(22)11-18/h4-11,15-16,24H,12-14H2,1-3H3/t15-,16+,21?. The van der Waals surface area contributed by atoms with E-state index in [1.165, 1.54) is 17.7 Å². The summed E-state index contributed by atoms with van der Waals surface area (Å²) < 4.78 is 18.8. The van der Waals surface area contributed by atoms with Gasteiger partial charge in [0.05, 0.1) is 12.7 Å². The van der Waals surface area contributed by atoms with Gasteiger partial charge in [-0.05, 0) is 35.4 Å². The van der Waals surface area contributed by atoms with Gasteiger partial charge in [-0.1, -0.05) is 38.1 Å². The van der Waals surface area contributed by atoms with Gasteiger partial charge in [0.2, 0.25) is 0 Å². The summed E-state index contributed by atoms with van der Waals surface area (Å²) in [6.45, 7) is 6.45. The van der Waals surface area contributed by atoms with E-state index in [2.05, 4.69) is 17.0 Å². The van der Waals surface area contributed by atoms with E-state index in [-0.39, 0.29) is 17.7 Å². The average molecular weight is 343 g/mol. The number of piperidine rings is 1. The lowest BCUT2D eigenvalue weighted by Crippen LogP contribution is -2.54. The van der Waals surface area contributed by atoms with Crippen molar-refractivity contribution in [1.82, 2.24) is 4.90 Å². The Labute approximate surface area is 149 Å². The minimum Gasteiger partial charge on any atom is -0.497 e. The first-order valence-corrected chi connectivity index (χ1v) is 8.77. The second kappa shape index (κ2) is 7.14. The van der Waals surface area contributed by atoms with E-state index in [1.54, 1.807) is 13.2 Å². The Kier molecular flexibility index (Phi) is 5.11. The molecule has 3 atom stereocenters. The van der Waals surface area contributed by atoms with Gasteiger partial charge in [-0.3, -0.25) is 4.90 Å². The van der Waals surface area contributed by atoms with Crippen LogP contribution in [0, 0.1) is 17.7 Å². The zero-order valence-electron chi connectivity index (χ0n) is 15.1. The number of ether oxygens (including phenoxy) is 1. The molecule has 1 aliphatic heterocycles. The molecule has 1 aliphatic rings. The molecule has 1 saturated heterocycles. The predicted octanol–water partition coefficient (Wildman–Crippen LogP) is 3.81. The highest BCUT2D eigenvalue weighted by molar-refractivity contribution is 5.28. The quantitative estimate of drug-likeness (QED) is 0.916. The number of methoxy groups -OCH3 is 1. The van der Waals surface area contributed by atoms with Gasteiger partial charge in [-0.15, -0.1) is 0 Å². The van der Waals surface area contributed by atoms with Crippen molar-refractivity contribution < 1.29 is 14.2 Å². The highest BCUT2D eigenvalue weighted by Gasteiger charge is 2.45. The van der Waals surface area contributed by atoms with Gasteiger partial charge in [-0.25, -0.2) is 4.39 Å². The van der Waals surface area contributed by atoms with Crippen LogP contribution in [0.3, 0.4) is 0 Å². The molecule has 0 radical (unpaired) electrons. The summed E-state index contributed by atoms with van der Waals surface area (Å²) in [5, 5.41) is 11.3. The van der Waals surface area contributed by atoms with Crippen LogP contribution >= 0.6 is 0 Å². The van der Waals surface area contributed by atoms with E-state index in [0.29, 0.717) is 5.56 Å². The third kappa shape index (κ3) is 3.55. The minimum absolute atomic E-state index is 0.0105. The Bertz CT molecular complexity index is 704. The van der Waals surface area contributed by atoms with Crippen molar-refractivity contribution in [1.29, 1.82) is 0 Å². The molecule has 0 spiro atoms. The number of nitrogens with zero attached hydrogens (tertiary/aromatic N) is 1. The molecular weight excluding hydrogens is 317 g/mol. The SMILES string of the molecule is COc1ccc(CN2C[C@@H](C)C(O)(c3cccc(F)c3)[C@@H](C)C2)cc1. The summed E-state index contributed by atoms with van der Waals surface area (Å²) in [4.78, 5) is 2.35. The second-order valence-electron chi connectivity index (χ2n) is 7.18. The molecular formula is C21H26FNO2. The Balaban J connectivity index is 1.75. The van der Waals surface area contributed by atoms with E-state index in [4.69, 9.17) is 4.74 Å². The molecule has 25 heavy (non-hydrogen) atoms. The van der Waals surface area contributed by atoms with Gasteiger partial charge >= 0.3 is 0 Å². The molecule has 3 rings (SSSR count). The average Bonchev–Trinajstić information content (AvgIpc) is 2.60. The van der Waals surface area contributed by atoms with Crippen LogP contribution in [0.2, 0.25) is 0 Å². The zero-order valence-corrected chi connectivity index (χ0v) is 15.1. The van der Waals surface area contributed by atoms with Crippen molar-refractivity contribution in [3.63, 3.8) is 0 Å². The molecule has 2 aromatic carbocycles. The van der Waals surface area contributed by atoms with Crippen molar-refractivity contribution in [3.8, 4) is 5.75 Å². The number of hydrogen-bond donors (Lipinski definition) is 1. The van der Waals surface area contributed by atoms with E-state index in [9.17, 15) is 9.50 Å². The first kappa shape index (κ1) is 17.9. The van der Waals surface area contributed by atoms with Crippen molar-refractivity contribution in [2.24, 2.45) is 11.8 Å². The lowest BCUT2D eigenvalue weighted by Gasteiger charge is -2.48. The molecule has 0 amide bonds. The maximum Gasteiger partial charge on any atom is 0.123 e. The van der Waals surface area contributed by atoms with Crippen LogP contribution in [0.25, 0.3) is 0 Å². The molecule has 4 heteroatoms. The Morgan fingerprint density at radius 2 is 1.76 bits per heavy atom. The van der Waals surface area contributed by atoms with Gasteiger partial charge in [-0.2, -0.15) is 0 Å². The highest BCUT2D eigenvalue weighted by Crippen LogP contribution is 2.41. The normalized spacial score (nSPS) is 27.2. The smallest absolute Gasteiger partial charge is 0.123 e. The predicted molar refractivity (Wildman–Crippen MR) is 96.9 cm³/mol. The molecule has 0 aromatic heterocycles. The van der Waals surface area contributed by atoms with Gasteiger partial charge in [0.15, 0.2) is 0 Å². The molecule has 3 nitrogen and oxygen atoms in total. The molecule has 2 aromatic rings. The first-order chi connectivity index (χ1) is 11.9. The van der Waals surface area contributed by atoms with Crippen molar-refractivity contribution in [2.45, 2.75) is 26.0 Å². The lowest BCUT2D eigenvalue weighted by atomic mass is 9.70. The van der Waals surface area contributed by atoms with Crippen molar-refractivity contribution in [2.75, 3.05) is 20.2 Å². The fraction of sp³-hybridized carbons (Fsp3) is 0.429. The Morgan fingerprint density at radius 3 is 2.32 bits per heavy atom. The lowest BCUT2D eigenvalue weighted by molar-refractivity contribution is -0.114. The fourth-order valence-corrected chi connectivity index (χ4v) is 4.04. The van der Waals surface area contributed by atoms with Crippen LogP contribution < -0.4 is 4.74 Å². The number of rotatable bonds is 4. The van der Waals surface area contributed by atoms with Crippen LogP contribution in [0.1, 0.15) is 25.0 Å². The first-order valence-electron chi connectivity index (χ1n) is 8.77. The molecule has 1 heterocycles. The van der Waals surface area contributed by atoms with E-state index >= 15 is 0 Å².